The minimum Gasteiger partial charge on any atom is -0.349 e. The monoisotopic (exact) mass is 381 g/mol. The molecule has 2 aromatic rings. The van der Waals surface area contributed by atoms with Crippen molar-refractivity contribution in [3.63, 3.8) is 0 Å². The average molecular weight is 382 g/mol. The molecule has 0 bridgehead atoms. The lowest BCUT2D eigenvalue weighted by Gasteiger charge is -2.32. The van der Waals surface area contributed by atoms with E-state index in [1.807, 2.05) is 37.0 Å². The minimum atomic E-state index is -0.373. The Morgan fingerprint density at radius 1 is 1.43 bits per heavy atom. The first kappa shape index (κ1) is 17.7. The fourth-order valence-electron chi connectivity index (χ4n) is 2.20. The van der Waals surface area contributed by atoms with Crippen molar-refractivity contribution >= 4 is 21.8 Å². The third-order valence-electron chi connectivity index (χ3n) is 3.92. The first-order chi connectivity index (χ1) is 10.7. The summed E-state index contributed by atoms with van der Waals surface area (Å²) in [5, 5.41) is 11.8. The van der Waals surface area contributed by atoms with Crippen LogP contribution in [0.15, 0.2) is 29.1 Å². The van der Waals surface area contributed by atoms with Gasteiger partial charge in [-0.2, -0.15) is 10.2 Å². The molecule has 0 aliphatic heterocycles. The number of nitrogens with zero attached hydrogens (tertiary/aromatic N) is 4. The Bertz CT molecular complexity index is 637. The van der Waals surface area contributed by atoms with Crippen LogP contribution in [-0.2, 0) is 11.3 Å². The Kier molecular flexibility index (Phi) is 5.29. The van der Waals surface area contributed by atoms with Gasteiger partial charge in [-0.25, -0.2) is 0 Å². The first-order valence-corrected chi connectivity index (χ1v) is 8.47. The number of amides is 1. The summed E-state index contributed by atoms with van der Waals surface area (Å²) < 4.78 is 4.43. The second-order valence-electron chi connectivity index (χ2n) is 6.87. The molecule has 2 heterocycles. The van der Waals surface area contributed by atoms with E-state index in [9.17, 15) is 4.79 Å². The van der Waals surface area contributed by atoms with E-state index in [1.165, 1.54) is 0 Å². The minimum absolute atomic E-state index is 0.0301. The number of aryl methyl sites for hydroxylation is 1. The Labute approximate surface area is 145 Å². The highest BCUT2D eigenvalue weighted by molar-refractivity contribution is 9.10. The van der Waals surface area contributed by atoms with Gasteiger partial charge in [0.2, 0.25) is 5.91 Å². The third-order valence-corrected chi connectivity index (χ3v) is 4.70. The van der Waals surface area contributed by atoms with Gasteiger partial charge < -0.3 is 5.32 Å². The molecule has 7 heteroatoms. The van der Waals surface area contributed by atoms with E-state index in [1.54, 1.807) is 10.9 Å². The summed E-state index contributed by atoms with van der Waals surface area (Å²) in [6.07, 6.45) is 5.48. The maximum Gasteiger partial charge on any atom is 0.244 e. The van der Waals surface area contributed by atoms with Gasteiger partial charge in [0.15, 0.2) is 0 Å². The van der Waals surface area contributed by atoms with Crippen molar-refractivity contribution < 1.29 is 4.79 Å². The highest BCUT2D eigenvalue weighted by Crippen LogP contribution is 2.22. The SMILES string of the molecule is Cc1nn(C(C)C(=O)NC(Cn2cccn2)C(C)(C)C)cc1Br. The number of halogens is 1. The number of carbonyl (C=O) groups excluding carboxylic acids is 1. The quantitative estimate of drug-likeness (QED) is 0.865. The molecule has 0 fully saturated rings. The van der Waals surface area contributed by atoms with E-state index < -0.39 is 0 Å². The fraction of sp³-hybridized carbons (Fsp3) is 0.562. The molecule has 1 amide bonds. The topological polar surface area (TPSA) is 64.7 Å². The van der Waals surface area contributed by atoms with Gasteiger partial charge in [-0.3, -0.25) is 14.2 Å². The number of aromatic nitrogens is 4. The molecule has 0 aliphatic carbocycles. The molecular weight excluding hydrogens is 358 g/mol. The Morgan fingerprint density at radius 2 is 2.13 bits per heavy atom. The molecule has 0 aromatic carbocycles. The van der Waals surface area contributed by atoms with E-state index in [4.69, 9.17) is 0 Å². The van der Waals surface area contributed by atoms with E-state index >= 15 is 0 Å². The van der Waals surface area contributed by atoms with Gasteiger partial charge >= 0.3 is 0 Å². The van der Waals surface area contributed by atoms with Crippen molar-refractivity contribution in [1.29, 1.82) is 0 Å². The van der Waals surface area contributed by atoms with Crippen LogP contribution in [0.1, 0.15) is 39.4 Å². The molecular formula is C16H24BrN5O. The van der Waals surface area contributed by atoms with Gasteiger partial charge in [0, 0.05) is 18.6 Å². The molecule has 126 valence electrons. The molecule has 0 saturated carbocycles. The maximum atomic E-state index is 12.6. The summed E-state index contributed by atoms with van der Waals surface area (Å²) >= 11 is 3.43. The number of rotatable bonds is 5. The standard InChI is InChI=1S/C16H24BrN5O/c1-11-13(17)9-22(20-11)12(2)15(23)19-14(16(3,4)5)10-21-8-6-7-18-21/h6-9,12,14H,10H2,1-5H3,(H,19,23). The van der Waals surface area contributed by atoms with Gasteiger partial charge in [0.05, 0.1) is 22.8 Å². The molecule has 2 atom stereocenters. The van der Waals surface area contributed by atoms with E-state index in [-0.39, 0.29) is 23.4 Å². The zero-order valence-electron chi connectivity index (χ0n) is 14.2. The molecule has 2 rings (SSSR count). The van der Waals surface area contributed by atoms with Crippen LogP contribution in [0.4, 0.5) is 0 Å². The highest BCUT2D eigenvalue weighted by Gasteiger charge is 2.29. The van der Waals surface area contributed by atoms with Crippen LogP contribution in [0.5, 0.6) is 0 Å². The van der Waals surface area contributed by atoms with E-state index in [2.05, 4.69) is 52.2 Å². The maximum absolute atomic E-state index is 12.6. The Balaban J connectivity index is 2.10. The predicted molar refractivity (Wildman–Crippen MR) is 93.0 cm³/mol. The molecule has 2 unspecified atom stereocenters. The number of hydrogen-bond acceptors (Lipinski definition) is 3. The van der Waals surface area contributed by atoms with Crippen molar-refractivity contribution in [3.8, 4) is 0 Å². The summed E-state index contributed by atoms with van der Waals surface area (Å²) in [4.78, 5) is 12.6. The summed E-state index contributed by atoms with van der Waals surface area (Å²) in [6, 6.07) is 1.48. The van der Waals surface area contributed by atoms with Crippen LogP contribution < -0.4 is 5.32 Å². The van der Waals surface area contributed by atoms with Crippen molar-refractivity contribution in [3.05, 3.63) is 34.8 Å². The van der Waals surface area contributed by atoms with Crippen LogP contribution in [0.3, 0.4) is 0 Å². The Hall–Kier alpha value is -1.63. The van der Waals surface area contributed by atoms with Crippen molar-refractivity contribution in [1.82, 2.24) is 24.9 Å². The second-order valence-corrected chi connectivity index (χ2v) is 7.73. The van der Waals surface area contributed by atoms with Crippen LogP contribution in [0, 0.1) is 12.3 Å². The largest absolute Gasteiger partial charge is 0.349 e. The second kappa shape index (κ2) is 6.86. The summed E-state index contributed by atoms with van der Waals surface area (Å²) in [7, 11) is 0. The predicted octanol–water partition coefficient (Wildman–Crippen LogP) is 2.94. The lowest BCUT2D eigenvalue weighted by atomic mass is 9.86. The van der Waals surface area contributed by atoms with Crippen LogP contribution in [-0.4, -0.2) is 31.5 Å². The smallest absolute Gasteiger partial charge is 0.244 e. The van der Waals surface area contributed by atoms with E-state index in [0.29, 0.717) is 6.54 Å². The molecule has 0 aliphatic rings. The molecule has 6 nitrogen and oxygen atoms in total. The number of hydrogen-bond donors (Lipinski definition) is 1. The fourth-order valence-corrected chi connectivity index (χ4v) is 2.49. The number of carbonyl (C=O) groups is 1. The Morgan fingerprint density at radius 3 is 2.61 bits per heavy atom. The van der Waals surface area contributed by atoms with Crippen LogP contribution in [0.2, 0.25) is 0 Å². The van der Waals surface area contributed by atoms with Gasteiger partial charge in [-0.1, -0.05) is 20.8 Å². The highest BCUT2D eigenvalue weighted by atomic mass is 79.9. The van der Waals surface area contributed by atoms with Gasteiger partial charge in [0.25, 0.3) is 0 Å². The number of nitrogens with one attached hydrogen (secondary N) is 1. The molecule has 0 spiro atoms. The zero-order valence-corrected chi connectivity index (χ0v) is 15.8. The van der Waals surface area contributed by atoms with Crippen molar-refractivity contribution in [2.75, 3.05) is 0 Å². The molecule has 1 N–H and O–H groups in total. The molecule has 0 radical (unpaired) electrons. The van der Waals surface area contributed by atoms with Crippen LogP contribution in [0.25, 0.3) is 0 Å². The van der Waals surface area contributed by atoms with Crippen LogP contribution >= 0.6 is 15.9 Å². The van der Waals surface area contributed by atoms with Crippen molar-refractivity contribution in [2.24, 2.45) is 5.41 Å². The van der Waals surface area contributed by atoms with Gasteiger partial charge in [0.1, 0.15) is 6.04 Å². The summed E-state index contributed by atoms with van der Waals surface area (Å²) in [5.41, 5.74) is 0.788. The summed E-state index contributed by atoms with van der Waals surface area (Å²) in [6.45, 7) is 10.7. The lowest BCUT2D eigenvalue weighted by molar-refractivity contribution is -0.125. The third kappa shape index (κ3) is 4.43. The van der Waals surface area contributed by atoms with Gasteiger partial charge in [-0.15, -0.1) is 0 Å². The van der Waals surface area contributed by atoms with E-state index in [0.717, 1.165) is 10.2 Å². The molecule has 2 aromatic heterocycles. The summed E-state index contributed by atoms with van der Waals surface area (Å²) in [5.74, 6) is -0.0490. The normalized spacial score (nSPS) is 14.5. The molecule has 0 saturated heterocycles. The van der Waals surface area contributed by atoms with Crippen molar-refractivity contribution in [2.45, 2.75) is 53.2 Å². The zero-order chi connectivity index (χ0) is 17.2. The lowest BCUT2D eigenvalue weighted by Crippen LogP contribution is -2.48. The van der Waals surface area contributed by atoms with Gasteiger partial charge in [-0.05, 0) is 41.3 Å². The first-order valence-electron chi connectivity index (χ1n) is 7.67. The molecule has 23 heavy (non-hydrogen) atoms. The average Bonchev–Trinajstić information content (AvgIpc) is 3.07.